The zero-order chi connectivity index (χ0) is 23.3. The van der Waals surface area contributed by atoms with E-state index < -0.39 is 29.1 Å². The summed E-state index contributed by atoms with van der Waals surface area (Å²) < 4.78 is 71.0. The Hall–Kier alpha value is -2.69. The number of benzene rings is 3. The smallest absolute Gasteiger partial charge is 0.129 e. The fourth-order valence-corrected chi connectivity index (χ4v) is 3.96. The number of halogens is 5. The molecule has 0 aliphatic carbocycles. The van der Waals surface area contributed by atoms with Crippen molar-refractivity contribution in [2.75, 3.05) is 0 Å². The Balaban J connectivity index is 1.65. The maximum atomic E-state index is 14.6. The first-order valence-corrected chi connectivity index (χ1v) is 11.0. The molecule has 32 heavy (non-hydrogen) atoms. The molecule has 0 aliphatic rings. The van der Waals surface area contributed by atoms with Crippen LogP contribution in [0.15, 0.2) is 42.5 Å². The van der Waals surface area contributed by atoms with Gasteiger partial charge in [-0.05, 0) is 91.1 Å². The number of rotatable bonds is 9. The first kappa shape index (κ1) is 24.0. The zero-order valence-corrected chi connectivity index (χ0v) is 18.4. The van der Waals surface area contributed by atoms with E-state index in [-0.39, 0.29) is 24.0 Å². The van der Waals surface area contributed by atoms with E-state index in [1.807, 2.05) is 6.92 Å². The molecular formula is C27H27F5. The molecule has 0 saturated heterocycles. The minimum Gasteiger partial charge on any atom is -0.207 e. The molecule has 0 nitrogen and oxygen atoms in total. The largest absolute Gasteiger partial charge is 0.207 e. The Labute approximate surface area is 186 Å². The molecule has 0 radical (unpaired) electrons. The third-order valence-electron chi connectivity index (χ3n) is 5.76. The third kappa shape index (κ3) is 5.76. The Morgan fingerprint density at radius 3 is 1.53 bits per heavy atom. The lowest BCUT2D eigenvalue weighted by atomic mass is 9.98. The minimum absolute atomic E-state index is 0.00826. The van der Waals surface area contributed by atoms with Crippen LogP contribution in [0.3, 0.4) is 0 Å². The molecule has 0 fully saturated rings. The summed E-state index contributed by atoms with van der Waals surface area (Å²) in [7, 11) is 0. The van der Waals surface area contributed by atoms with E-state index in [1.165, 1.54) is 30.3 Å². The molecular weight excluding hydrogens is 419 g/mol. The highest BCUT2D eigenvalue weighted by Crippen LogP contribution is 2.21. The highest BCUT2D eigenvalue weighted by atomic mass is 19.1. The van der Waals surface area contributed by atoms with Crippen LogP contribution >= 0.6 is 0 Å². The van der Waals surface area contributed by atoms with E-state index in [2.05, 4.69) is 0 Å². The minimum atomic E-state index is -0.583. The lowest BCUT2D eigenvalue weighted by Gasteiger charge is -2.10. The Kier molecular flexibility index (Phi) is 8.05. The van der Waals surface area contributed by atoms with E-state index >= 15 is 0 Å². The molecule has 0 spiro atoms. The summed E-state index contributed by atoms with van der Waals surface area (Å²) in [5.74, 6) is -2.74. The standard InChI is InChI=1S/C27H27F5/c1-3-5-18-13-26(31)22(27(32)14-18)11-8-17-6-9-20(23(28)12-17)10-7-19-15-24(29)21(4-2)25(30)16-19/h6,9,12-16H,3-5,7-8,10-11H2,1-2H3. The van der Waals surface area contributed by atoms with Crippen LogP contribution in [0.5, 0.6) is 0 Å². The van der Waals surface area contributed by atoms with Gasteiger partial charge >= 0.3 is 0 Å². The van der Waals surface area contributed by atoms with Crippen molar-refractivity contribution in [2.24, 2.45) is 0 Å². The SMILES string of the molecule is CCCc1cc(F)c(CCc2ccc(CCc3cc(F)c(CC)c(F)c3)c(F)c2)c(F)c1. The zero-order valence-electron chi connectivity index (χ0n) is 18.4. The van der Waals surface area contributed by atoms with Gasteiger partial charge in [0.05, 0.1) is 0 Å². The highest BCUT2D eigenvalue weighted by Gasteiger charge is 2.13. The van der Waals surface area contributed by atoms with Gasteiger partial charge in [0, 0.05) is 11.1 Å². The van der Waals surface area contributed by atoms with Crippen molar-refractivity contribution in [3.8, 4) is 0 Å². The topological polar surface area (TPSA) is 0 Å². The highest BCUT2D eigenvalue weighted by molar-refractivity contribution is 5.31. The fourth-order valence-electron chi connectivity index (χ4n) is 3.96. The second-order valence-electron chi connectivity index (χ2n) is 8.11. The van der Waals surface area contributed by atoms with Gasteiger partial charge in [-0.15, -0.1) is 0 Å². The van der Waals surface area contributed by atoms with Crippen LogP contribution in [-0.2, 0) is 38.5 Å². The normalized spacial score (nSPS) is 11.2. The molecule has 170 valence electrons. The van der Waals surface area contributed by atoms with Gasteiger partial charge in [-0.25, -0.2) is 22.0 Å². The summed E-state index contributed by atoms with van der Waals surface area (Å²) in [5.41, 5.74) is 2.22. The molecule has 0 unspecified atom stereocenters. The van der Waals surface area contributed by atoms with Gasteiger partial charge in [0.15, 0.2) is 0 Å². The second kappa shape index (κ2) is 10.8. The number of aryl methyl sites for hydroxylation is 4. The van der Waals surface area contributed by atoms with E-state index in [1.54, 1.807) is 19.1 Å². The van der Waals surface area contributed by atoms with Crippen molar-refractivity contribution in [1.82, 2.24) is 0 Å². The Morgan fingerprint density at radius 2 is 1.00 bits per heavy atom. The molecule has 0 heterocycles. The molecule has 3 rings (SSSR count). The summed E-state index contributed by atoms with van der Waals surface area (Å²) in [6.07, 6.45) is 2.71. The lowest BCUT2D eigenvalue weighted by molar-refractivity contribution is 0.550. The Bertz CT molecular complexity index is 1040. The molecule has 3 aromatic rings. The van der Waals surface area contributed by atoms with Crippen molar-refractivity contribution in [1.29, 1.82) is 0 Å². The van der Waals surface area contributed by atoms with E-state index in [0.29, 0.717) is 47.9 Å². The van der Waals surface area contributed by atoms with Crippen LogP contribution in [0.4, 0.5) is 22.0 Å². The van der Waals surface area contributed by atoms with Crippen LogP contribution in [0.1, 0.15) is 53.6 Å². The van der Waals surface area contributed by atoms with Crippen LogP contribution in [0.25, 0.3) is 0 Å². The van der Waals surface area contributed by atoms with Gasteiger partial charge in [0.25, 0.3) is 0 Å². The predicted molar refractivity (Wildman–Crippen MR) is 117 cm³/mol. The van der Waals surface area contributed by atoms with E-state index in [9.17, 15) is 22.0 Å². The quantitative estimate of drug-likeness (QED) is 0.299. The third-order valence-corrected chi connectivity index (χ3v) is 5.76. The summed E-state index contributed by atoms with van der Waals surface area (Å²) in [4.78, 5) is 0. The van der Waals surface area contributed by atoms with Gasteiger partial charge in [-0.2, -0.15) is 0 Å². The second-order valence-corrected chi connectivity index (χ2v) is 8.11. The van der Waals surface area contributed by atoms with Crippen LogP contribution in [-0.4, -0.2) is 0 Å². The average molecular weight is 447 g/mol. The van der Waals surface area contributed by atoms with Crippen molar-refractivity contribution in [3.63, 3.8) is 0 Å². The van der Waals surface area contributed by atoms with Crippen molar-refractivity contribution in [2.45, 2.75) is 58.8 Å². The molecule has 0 saturated carbocycles. The number of hydrogen-bond acceptors (Lipinski definition) is 0. The summed E-state index contributed by atoms with van der Waals surface area (Å²) in [6.45, 7) is 3.63. The van der Waals surface area contributed by atoms with Crippen molar-refractivity contribution >= 4 is 0 Å². The lowest BCUT2D eigenvalue weighted by Crippen LogP contribution is -2.03. The first-order chi connectivity index (χ1) is 15.3. The monoisotopic (exact) mass is 446 g/mol. The van der Waals surface area contributed by atoms with Crippen molar-refractivity contribution in [3.05, 3.63) is 105 Å². The van der Waals surface area contributed by atoms with E-state index in [0.717, 1.165) is 6.42 Å². The Morgan fingerprint density at radius 1 is 0.500 bits per heavy atom. The van der Waals surface area contributed by atoms with Gasteiger partial charge in [0.2, 0.25) is 0 Å². The molecule has 0 bridgehead atoms. The molecule has 0 N–H and O–H groups in total. The molecule has 0 amide bonds. The summed E-state index contributed by atoms with van der Waals surface area (Å²) in [5, 5.41) is 0. The van der Waals surface area contributed by atoms with Gasteiger partial charge in [-0.1, -0.05) is 32.4 Å². The van der Waals surface area contributed by atoms with Gasteiger partial charge in [-0.3, -0.25) is 0 Å². The predicted octanol–water partition coefficient (Wildman–Crippen LogP) is 7.47. The van der Waals surface area contributed by atoms with Crippen LogP contribution < -0.4 is 0 Å². The van der Waals surface area contributed by atoms with Crippen LogP contribution in [0, 0.1) is 29.1 Å². The molecule has 0 aliphatic heterocycles. The summed E-state index contributed by atoms with van der Waals surface area (Å²) in [6, 6.07) is 10.0. The molecule has 3 aromatic carbocycles. The van der Waals surface area contributed by atoms with E-state index in [4.69, 9.17) is 0 Å². The summed E-state index contributed by atoms with van der Waals surface area (Å²) >= 11 is 0. The fraction of sp³-hybridized carbons (Fsp3) is 0.333. The molecule has 0 atom stereocenters. The van der Waals surface area contributed by atoms with Gasteiger partial charge in [0.1, 0.15) is 29.1 Å². The maximum Gasteiger partial charge on any atom is 0.129 e. The number of hydrogen-bond donors (Lipinski definition) is 0. The van der Waals surface area contributed by atoms with Crippen molar-refractivity contribution < 1.29 is 22.0 Å². The molecule has 0 aromatic heterocycles. The van der Waals surface area contributed by atoms with Gasteiger partial charge < -0.3 is 0 Å². The maximum absolute atomic E-state index is 14.6. The molecule has 5 heteroatoms. The van der Waals surface area contributed by atoms with Crippen LogP contribution in [0.2, 0.25) is 0 Å². The first-order valence-electron chi connectivity index (χ1n) is 11.0. The average Bonchev–Trinajstić information content (AvgIpc) is 2.72.